The van der Waals surface area contributed by atoms with Crippen molar-refractivity contribution in [2.75, 3.05) is 6.26 Å². The number of halogens is 4. The van der Waals surface area contributed by atoms with E-state index in [0.29, 0.717) is 16.6 Å². The summed E-state index contributed by atoms with van der Waals surface area (Å²) >= 11 is 7.53. The summed E-state index contributed by atoms with van der Waals surface area (Å²) in [5, 5.41) is 3.12. The molecule has 0 radical (unpaired) electrons. The fourth-order valence-electron chi connectivity index (χ4n) is 1.91. The van der Waals surface area contributed by atoms with Crippen LogP contribution in [-0.2, 0) is 6.18 Å². The van der Waals surface area contributed by atoms with E-state index >= 15 is 0 Å². The summed E-state index contributed by atoms with van der Waals surface area (Å²) in [7, 11) is 0. The number of carbonyl (C=O) groups is 1. The minimum absolute atomic E-state index is 0.234. The van der Waals surface area contributed by atoms with Crippen LogP contribution in [0.1, 0.15) is 34.6 Å². The Kier molecular flexibility index (Phi) is 5.59. The molecule has 2 aromatic rings. The standard InChI is InChI=1S/C14H12ClF3N2OS2/c1-7(8-3-5-9(15)6-4-8)19-12(21)10-11(14(16,17)18)20-23-13(10)22-2/h3-7H,1-2H3,(H,19,21)/t7-/m0/s1. The molecule has 0 bridgehead atoms. The first-order chi connectivity index (χ1) is 10.7. The number of aromatic nitrogens is 1. The zero-order valence-corrected chi connectivity index (χ0v) is 14.5. The first-order valence-corrected chi connectivity index (χ1v) is 8.78. The molecule has 23 heavy (non-hydrogen) atoms. The van der Waals surface area contributed by atoms with Crippen LogP contribution < -0.4 is 5.32 Å². The molecule has 2 rings (SSSR count). The number of carbonyl (C=O) groups excluding carboxylic acids is 1. The van der Waals surface area contributed by atoms with Gasteiger partial charge in [-0.3, -0.25) is 4.79 Å². The van der Waals surface area contributed by atoms with Gasteiger partial charge in [-0.1, -0.05) is 23.7 Å². The van der Waals surface area contributed by atoms with Crippen LogP contribution in [0.25, 0.3) is 0 Å². The predicted molar refractivity (Wildman–Crippen MR) is 86.2 cm³/mol. The van der Waals surface area contributed by atoms with Crippen LogP contribution in [0, 0.1) is 0 Å². The quantitative estimate of drug-likeness (QED) is 0.756. The maximum absolute atomic E-state index is 13.0. The van der Waals surface area contributed by atoms with Crippen molar-refractivity contribution in [1.29, 1.82) is 0 Å². The van der Waals surface area contributed by atoms with Crippen LogP contribution in [0.3, 0.4) is 0 Å². The zero-order valence-electron chi connectivity index (χ0n) is 12.1. The number of alkyl halides is 3. The van der Waals surface area contributed by atoms with Crippen LogP contribution in [0.4, 0.5) is 13.2 Å². The Hall–Kier alpha value is -1.25. The summed E-state index contributed by atoms with van der Waals surface area (Å²) in [6.45, 7) is 1.69. The largest absolute Gasteiger partial charge is 0.435 e. The molecule has 0 aliphatic carbocycles. The summed E-state index contributed by atoms with van der Waals surface area (Å²) in [6, 6.07) is 6.26. The lowest BCUT2D eigenvalue weighted by Crippen LogP contribution is -2.28. The fourth-order valence-corrected chi connectivity index (χ4v) is 3.49. The van der Waals surface area contributed by atoms with Gasteiger partial charge in [0.2, 0.25) is 0 Å². The van der Waals surface area contributed by atoms with Crippen molar-refractivity contribution < 1.29 is 18.0 Å². The van der Waals surface area contributed by atoms with Crippen LogP contribution in [0.5, 0.6) is 0 Å². The van der Waals surface area contributed by atoms with Crippen molar-refractivity contribution in [2.45, 2.75) is 23.4 Å². The van der Waals surface area contributed by atoms with E-state index in [-0.39, 0.29) is 4.21 Å². The molecule has 1 aromatic heterocycles. The van der Waals surface area contributed by atoms with Crippen molar-refractivity contribution in [2.24, 2.45) is 0 Å². The van der Waals surface area contributed by atoms with Gasteiger partial charge in [0.15, 0.2) is 5.69 Å². The summed E-state index contributed by atoms with van der Waals surface area (Å²) in [5.74, 6) is -0.794. The molecule has 1 amide bonds. The highest BCUT2D eigenvalue weighted by Gasteiger charge is 2.40. The van der Waals surface area contributed by atoms with Crippen LogP contribution in [0.2, 0.25) is 5.02 Å². The molecular weight excluding hydrogens is 369 g/mol. The first-order valence-electron chi connectivity index (χ1n) is 6.41. The Balaban J connectivity index is 2.27. The number of nitrogens with zero attached hydrogens (tertiary/aromatic N) is 1. The van der Waals surface area contributed by atoms with Crippen molar-refractivity contribution in [3.63, 3.8) is 0 Å². The SMILES string of the molecule is CSc1snc(C(F)(F)F)c1C(=O)N[C@@H](C)c1ccc(Cl)cc1. The molecule has 0 spiro atoms. The highest BCUT2D eigenvalue weighted by Crippen LogP contribution is 2.38. The van der Waals surface area contributed by atoms with Gasteiger partial charge in [0.05, 0.1) is 15.8 Å². The van der Waals surface area contributed by atoms with E-state index in [0.717, 1.165) is 17.3 Å². The minimum atomic E-state index is -4.67. The maximum atomic E-state index is 13.0. The van der Waals surface area contributed by atoms with E-state index in [9.17, 15) is 18.0 Å². The van der Waals surface area contributed by atoms with E-state index in [4.69, 9.17) is 11.6 Å². The molecule has 9 heteroatoms. The number of nitrogens with one attached hydrogen (secondary N) is 1. The Morgan fingerprint density at radius 2 is 1.96 bits per heavy atom. The van der Waals surface area contributed by atoms with Gasteiger partial charge in [-0.25, -0.2) is 0 Å². The topological polar surface area (TPSA) is 42.0 Å². The van der Waals surface area contributed by atoms with Crippen LogP contribution >= 0.6 is 34.9 Å². The Morgan fingerprint density at radius 3 is 2.48 bits per heavy atom. The smallest absolute Gasteiger partial charge is 0.345 e. The number of thioether (sulfide) groups is 1. The molecule has 0 aliphatic rings. The molecule has 1 N–H and O–H groups in total. The zero-order chi connectivity index (χ0) is 17.2. The highest BCUT2D eigenvalue weighted by atomic mass is 35.5. The Labute approximate surface area is 144 Å². The lowest BCUT2D eigenvalue weighted by molar-refractivity contribution is -0.140. The van der Waals surface area contributed by atoms with Gasteiger partial charge in [0, 0.05) is 5.02 Å². The number of hydrogen-bond donors (Lipinski definition) is 1. The van der Waals surface area contributed by atoms with E-state index in [1.54, 1.807) is 37.4 Å². The van der Waals surface area contributed by atoms with Gasteiger partial charge in [0.1, 0.15) is 0 Å². The molecular formula is C14H12ClF3N2OS2. The number of hydrogen-bond acceptors (Lipinski definition) is 4. The number of amides is 1. The van der Waals surface area contributed by atoms with Gasteiger partial charge < -0.3 is 5.32 Å². The maximum Gasteiger partial charge on any atom is 0.435 e. The van der Waals surface area contributed by atoms with Gasteiger partial charge in [-0.05, 0) is 42.4 Å². The second kappa shape index (κ2) is 7.11. The van der Waals surface area contributed by atoms with Gasteiger partial charge in [0.25, 0.3) is 5.91 Å². The second-order valence-electron chi connectivity index (χ2n) is 4.64. The highest BCUT2D eigenvalue weighted by molar-refractivity contribution is 8.00. The van der Waals surface area contributed by atoms with Crippen molar-refractivity contribution >= 4 is 40.8 Å². The van der Waals surface area contributed by atoms with Crippen molar-refractivity contribution in [3.8, 4) is 0 Å². The third-order valence-electron chi connectivity index (χ3n) is 3.06. The average Bonchev–Trinajstić information content (AvgIpc) is 2.91. The summed E-state index contributed by atoms with van der Waals surface area (Å²) in [4.78, 5) is 12.3. The Bertz CT molecular complexity index is 701. The van der Waals surface area contributed by atoms with E-state index in [1.807, 2.05) is 0 Å². The van der Waals surface area contributed by atoms with E-state index in [1.165, 1.54) is 0 Å². The minimum Gasteiger partial charge on any atom is -0.345 e. The first kappa shape index (κ1) is 18.1. The van der Waals surface area contributed by atoms with Crippen molar-refractivity contribution in [1.82, 2.24) is 9.69 Å². The summed E-state index contributed by atoms with van der Waals surface area (Å²) < 4.78 is 42.6. The molecule has 1 heterocycles. The summed E-state index contributed by atoms with van der Waals surface area (Å²) in [5.41, 5.74) is -0.825. The fraction of sp³-hybridized carbons (Fsp3) is 0.286. The normalized spacial score (nSPS) is 13.0. The van der Waals surface area contributed by atoms with Gasteiger partial charge in [-0.2, -0.15) is 17.5 Å². The lowest BCUT2D eigenvalue weighted by Gasteiger charge is -2.15. The van der Waals surface area contributed by atoms with Crippen molar-refractivity contribution in [3.05, 3.63) is 46.1 Å². The molecule has 3 nitrogen and oxygen atoms in total. The number of rotatable bonds is 4. The second-order valence-corrected chi connectivity index (χ2v) is 6.93. The van der Waals surface area contributed by atoms with E-state index in [2.05, 4.69) is 9.69 Å². The molecule has 1 aromatic carbocycles. The lowest BCUT2D eigenvalue weighted by atomic mass is 10.1. The van der Waals surface area contributed by atoms with Gasteiger partial charge >= 0.3 is 6.18 Å². The summed E-state index contributed by atoms with van der Waals surface area (Å²) in [6.07, 6.45) is -3.06. The third kappa shape index (κ3) is 4.19. The molecule has 0 aliphatic heterocycles. The molecule has 0 fully saturated rings. The van der Waals surface area contributed by atoms with E-state index < -0.39 is 29.4 Å². The Morgan fingerprint density at radius 1 is 1.35 bits per heavy atom. The molecule has 0 unspecified atom stereocenters. The average molecular weight is 381 g/mol. The number of benzene rings is 1. The monoisotopic (exact) mass is 380 g/mol. The third-order valence-corrected chi connectivity index (χ3v) is 5.25. The molecule has 124 valence electrons. The van der Waals surface area contributed by atoms with Gasteiger partial charge in [-0.15, -0.1) is 11.8 Å². The molecule has 1 atom stereocenters. The van der Waals surface area contributed by atoms with Crippen LogP contribution in [-0.4, -0.2) is 16.5 Å². The van der Waals surface area contributed by atoms with Crippen LogP contribution in [0.15, 0.2) is 28.5 Å². The predicted octanol–water partition coefficient (Wildman–Crippen LogP) is 5.03. The molecule has 0 saturated heterocycles. The molecule has 0 saturated carbocycles.